The third kappa shape index (κ3) is 2.99. The van der Waals surface area contributed by atoms with Crippen molar-refractivity contribution in [2.45, 2.75) is 0 Å². The lowest BCUT2D eigenvalue weighted by Crippen LogP contribution is -2.10. The van der Waals surface area contributed by atoms with E-state index in [9.17, 15) is 8.42 Å². The van der Waals surface area contributed by atoms with Crippen molar-refractivity contribution in [3.8, 4) is 0 Å². The Balaban J connectivity index is 2.82. The molecule has 4 nitrogen and oxygen atoms in total. The van der Waals surface area contributed by atoms with Crippen LogP contribution < -0.4 is 4.72 Å². The SMILES string of the molecule is CS(=O)(=O)Nc1[c]cccn1. The lowest BCUT2D eigenvalue weighted by molar-refractivity contribution is 0.606. The highest BCUT2D eigenvalue weighted by Gasteiger charge is 2.00. The Labute approximate surface area is 65.3 Å². The van der Waals surface area contributed by atoms with Crippen molar-refractivity contribution >= 4 is 15.8 Å². The van der Waals surface area contributed by atoms with Crippen molar-refractivity contribution in [1.82, 2.24) is 4.98 Å². The fraction of sp³-hybridized carbons (Fsp3) is 0.167. The average molecular weight is 171 g/mol. The van der Waals surface area contributed by atoms with Gasteiger partial charge in [-0.2, -0.15) is 0 Å². The summed E-state index contributed by atoms with van der Waals surface area (Å²) in [6.45, 7) is 0. The van der Waals surface area contributed by atoms with Crippen LogP contribution in [0, 0.1) is 6.07 Å². The van der Waals surface area contributed by atoms with Crippen LogP contribution in [0.5, 0.6) is 0 Å². The Bertz CT molecular complexity index is 320. The summed E-state index contributed by atoms with van der Waals surface area (Å²) in [6, 6.07) is 5.87. The van der Waals surface area contributed by atoms with Gasteiger partial charge in [0.05, 0.1) is 6.26 Å². The van der Waals surface area contributed by atoms with Crippen LogP contribution >= 0.6 is 0 Å². The van der Waals surface area contributed by atoms with Gasteiger partial charge in [-0.25, -0.2) is 13.4 Å². The normalized spacial score (nSPS) is 11.0. The molecule has 0 fully saturated rings. The minimum Gasteiger partial charge on any atom is -0.267 e. The second-order valence-corrected chi connectivity index (χ2v) is 3.75. The minimum absolute atomic E-state index is 0.218. The van der Waals surface area contributed by atoms with Crippen LogP contribution in [0.2, 0.25) is 0 Å². The zero-order valence-electron chi connectivity index (χ0n) is 5.90. The second kappa shape index (κ2) is 2.87. The van der Waals surface area contributed by atoms with Crippen LogP contribution in [0.1, 0.15) is 0 Å². The van der Waals surface area contributed by atoms with Crippen LogP contribution in [0.25, 0.3) is 0 Å². The van der Waals surface area contributed by atoms with Gasteiger partial charge < -0.3 is 0 Å². The predicted molar refractivity (Wildman–Crippen MR) is 41.5 cm³/mol. The van der Waals surface area contributed by atoms with Crippen molar-refractivity contribution in [1.29, 1.82) is 0 Å². The Morgan fingerprint density at radius 3 is 2.82 bits per heavy atom. The third-order valence-electron chi connectivity index (χ3n) is 0.888. The molecule has 0 amide bonds. The molecule has 5 heteroatoms. The summed E-state index contributed by atoms with van der Waals surface area (Å²) in [5.41, 5.74) is 0. The topological polar surface area (TPSA) is 59.1 Å². The summed E-state index contributed by atoms with van der Waals surface area (Å²) in [4.78, 5) is 3.72. The van der Waals surface area contributed by atoms with Crippen LogP contribution in [0.15, 0.2) is 18.3 Å². The van der Waals surface area contributed by atoms with E-state index in [1.807, 2.05) is 0 Å². The van der Waals surface area contributed by atoms with Crippen molar-refractivity contribution in [2.24, 2.45) is 0 Å². The molecule has 1 N–H and O–H groups in total. The Morgan fingerprint density at radius 1 is 1.64 bits per heavy atom. The molecule has 11 heavy (non-hydrogen) atoms. The molecule has 1 aromatic rings. The first-order valence-electron chi connectivity index (χ1n) is 2.88. The maximum atomic E-state index is 10.6. The highest BCUT2D eigenvalue weighted by atomic mass is 32.2. The summed E-state index contributed by atoms with van der Waals surface area (Å²) < 4.78 is 23.4. The number of rotatable bonds is 2. The standard InChI is InChI=1S/C6H7N2O2S/c1-11(9,10)8-6-4-2-3-5-7-6/h2-3,5H,1H3,(H,7,8). The number of anilines is 1. The van der Waals surface area contributed by atoms with E-state index >= 15 is 0 Å². The quantitative estimate of drug-likeness (QED) is 0.694. The van der Waals surface area contributed by atoms with Crippen molar-refractivity contribution < 1.29 is 8.42 Å². The first kappa shape index (κ1) is 8.00. The minimum atomic E-state index is -3.22. The molecule has 0 unspecified atom stereocenters. The van der Waals surface area contributed by atoms with Crippen LogP contribution in [0.3, 0.4) is 0 Å². The largest absolute Gasteiger partial charge is 0.267 e. The maximum Gasteiger partial charge on any atom is 0.230 e. The number of nitrogens with zero attached hydrogens (tertiary/aromatic N) is 1. The number of pyridine rings is 1. The monoisotopic (exact) mass is 171 g/mol. The molecular weight excluding hydrogens is 164 g/mol. The fourth-order valence-corrected chi connectivity index (χ4v) is 1.02. The lowest BCUT2D eigenvalue weighted by Gasteiger charge is -1.99. The maximum absolute atomic E-state index is 10.6. The van der Waals surface area contributed by atoms with Gasteiger partial charge >= 0.3 is 0 Å². The molecule has 0 aliphatic carbocycles. The molecule has 0 spiro atoms. The first-order chi connectivity index (χ1) is 5.08. The average Bonchev–Trinajstić information content (AvgIpc) is 1.85. The van der Waals surface area contributed by atoms with Gasteiger partial charge in [0.25, 0.3) is 0 Å². The molecule has 59 valence electrons. The molecule has 0 atom stereocenters. The van der Waals surface area contributed by atoms with Gasteiger partial charge in [0.2, 0.25) is 10.0 Å². The molecular formula is C6H7N2O2S. The summed E-state index contributed by atoms with van der Waals surface area (Å²) in [5.74, 6) is 0.218. The Morgan fingerprint density at radius 2 is 2.36 bits per heavy atom. The van der Waals surface area contributed by atoms with Gasteiger partial charge in [-0.1, -0.05) is 0 Å². The van der Waals surface area contributed by atoms with E-state index in [2.05, 4.69) is 15.8 Å². The number of aromatic nitrogens is 1. The van der Waals surface area contributed by atoms with E-state index in [-0.39, 0.29) is 5.82 Å². The molecule has 0 saturated heterocycles. The van der Waals surface area contributed by atoms with E-state index in [1.54, 1.807) is 12.1 Å². The summed E-state index contributed by atoms with van der Waals surface area (Å²) in [7, 11) is -3.22. The van der Waals surface area contributed by atoms with Crippen molar-refractivity contribution in [3.63, 3.8) is 0 Å². The number of hydrogen-bond donors (Lipinski definition) is 1. The number of sulfonamides is 1. The van der Waals surface area contributed by atoms with Crippen LogP contribution in [-0.4, -0.2) is 19.7 Å². The second-order valence-electron chi connectivity index (χ2n) is 2.00. The highest BCUT2D eigenvalue weighted by molar-refractivity contribution is 7.92. The summed E-state index contributed by atoms with van der Waals surface area (Å²) in [5, 5.41) is 0. The third-order valence-corrected chi connectivity index (χ3v) is 1.45. The lowest BCUT2D eigenvalue weighted by atomic mass is 10.5. The van der Waals surface area contributed by atoms with E-state index in [0.717, 1.165) is 6.26 Å². The molecule has 0 saturated carbocycles. The van der Waals surface area contributed by atoms with Crippen LogP contribution in [0.4, 0.5) is 5.82 Å². The predicted octanol–water partition coefficient (Wildman–Crippen LogP) is 0.253. The van der Waals surface area contributed by atoms with Gasteiger partial charge in [-0.3, -0.25) is 4.72 Å². The molecule has 1 rings (SSSR count). The van der Waals surface area contributed by atoms with Crippen LogP contribution in [-0.2, 0) is 10.0 Å². The van der Waals surface area contributed by atoms with Gasteiger partial charge in [0.1, 0.15) is 5.82 Å². The number of hydrogen-bond acceptors (Lipinski definition) is 3. The molecule has 1 heterocycles. The fourth-order valence-electron chi connectivity index (χ4n) is 0.556. The van der Waals surface area contributed by atoms with Crippen molar-refractivity contribution in [3.05, 3.63) is 24.4 Å². The van der Waals surface area contributed by atoms with E-state index in [0.29, 0.717) is 0 Å². The van der Waals surface area contributed by atoms with E-state index in [1.165, 1.54) is 6.20 Å². The van der Waals surface area contributed by atoms with Gasteiger partial charge in [0.15, 0.2) is 0 Å². The smallest absolute Gasteiger partial charge is 0.230 e. The van der Waals surface area contributed by atoms with Gasteiger partial charge in [0, 0.05) is 12.3 Å². The molecule has 0 aromatic carbocycles. The Hall–Kier alpha value is -1.10. The zero-order valence-corrected chi connectivity index (χ0v) is 6.72. The molecule has 0 aliphatic heterocycles. The van der Waals surface area contributed by atoms with Crippen molar-refractivity contribution in [2.75, 3.05) is 11.0 Å². The first-order valence-corrected chi connectivity index (χ1v) is 4.77. The molecule has 1 radical (unpaired) electrons. The highest BCUT2D eigenvalue weighted by Crippen LogP contribution is 1.99. The number of nitrogens with one attached hydrogen (secondary N) is 1. The van der Waals surface area contributed by atoms with E-state index in [4.69, 9.17) is 0 Å². The molecule has 0 aliphatic rings. The molecule has 0 bridgehead atoms. The molecule has 1 aromatic heterocycles. The summed E-state index contributed by atoms with van der Waals surface area (Å²) >= 11 is 0. The van der Waals surface area contributed by atoms with E-state index < -0.39 is 10.0 Å². The Kier molecular flexibility index (Phi) is 2.09. The summed E-state index contributed by atoms with van der Waals surface area (Å²) in [6.07, 6.45) is 2.56. The van der Waals surface area contributed by atoms with Gasteiger partial charge in [-0.15, -0.1) is 0 Å². The van der Waals surface area contributed by atoms with Gasteiger partial charge in [-0.05, 0) is 12.1 Å². The zero-order chi connectivity index (χ0) is 8.32.